The average Bonchev–Trinajstić information content (AvgIpc) is 3.08. The van der Waals surface area contributed by atoms with Gasteiger partial charge in [-0.25, -0.2) is 18.2 Å². The molecule has 11 nitrogen and oxygen atoms in total. The van der Waals surface area contributed by atoms with Gasteiger partial charge >= 0.3 is 5.92 Å². The van der Waals surface area contributed by atoms with Crippen LogP contribution in [0.1, 0.15) is 50.2 Å². The maximum Gasteiger partial charge on any atom is 0.351 e. The topological polar surface area (TPSA) is 133 Å². The predicted molar refractivity (Wildman–Crippen MR) is 169 cm³/mol. The molecule has 16 heteroatoms. The number of hydrogen-bond donors (Lipinski definition) is 3. The van der Waals surface area contributed by atoms with Crippen LogP contribution in [0.25, 0.3) is 0 Å². The highest BCUT2D eigenvalue weighted by atomic mass is 19.3. The van der Waals surface area contributed by atoms with Gasteiger partial charge in [0.05, 0.1) is 12.8 Å². The van der Waals surface area contributed by atoms with E-state index < -0.39 is 65.9 Å². The number of aromatic nitrogens is 1. The molecule has 1 saturated carbocycles. The number of halogens is 5. The summed E-state index contributed by atoms with van der Waals surface area (Å²) >= 11 is 0. The number of pyridine rings is 1. The number of carbonyl (C=O) groups is 4. The van der Waals surface area contributed by atoms with Gasteiger partial charge in [-0.2, -0.15) is 8.78 Å². The minimum atomic E-state index is -4.16. The van der Waals surface area contributed by atoms with Crippen molar-refractivity contribution >= 4 is 29.3 Å². The highest BCUT2D eigenvalue weighted by Gasteiger charge is 2.46. The van der Waals surface area contributed by atoms with Gasteiger partial charge in [-0.05, 0) is 49.6 Å². The molecule has 2 atom stereocenters. The van der Waals surface area contributed by atoms with Crippen molar-refractivity contribution in [2.24, 2.45) is 5.92 Å². The summed E-state index contributed by atoms with van der Waals surface area (Å²) in [5.74, 6) is -12.6. The molecule has 0 bridgehead atoms. The monoisotopic (exact) mass is 696 g/mol. The molecule has 49 heavy (non-hydrogen) atoms. The third-order valence-electron chi connectivity index (χ3n) is 8.90. The molecule has 1 aromatic heterocycles. The lowest BCUT2D eigenvalue weighted by atomic mass is 9.81. The number of nitrogens with zero attached hydrogens (tertiary/aromatic N) is 3. The molecular weight excluding hydrogens is 655 g/mol. The summed E-state index contributed by atoms with van der Waals surface area (Å²) in [6.45, 7) is 3.88. The number of hydrogen-bond acceptors (Lipinski definition) is 7. The highest BCUT2D eigenvalue weighted by molar-refractivity contribution is 5.98. The quantitative estimate of drug-likeness (QED) is 0.290. The van der Waals surface area contributed by atoms with Gasteiger partial charge in [0, 0.05) is 69.7 Å². The lowest BCUT2D eigenvalue weighted by molar-refractivity contribution is -0.150. The molecule has 4 rings (SSSR count). The van der Waals surface area contributed by atoms with Crippen LogP contribution in [0.5, 0.6) is 5.88 Å². The van der Waals surface area contributed by atoms with Crippen LogP contribution in [-0.4, -0.2) is 96.8 Å². The van der Waals surface area contributed by atoms with Crippen LogP contribution in [0.15, 0.2) is 36.5 Å². The molecule has 2 aromatic rings. The zero-order valence-corrected chi connectivity index (χ0v) is 27.5. The number of ether oxygens (including phenoxy) is 1. The standard InChI is InChI=1S/C33H41F5N6O5/c1-4-26(45)40-25(30(47)44-15-13-43(2)14-16-44)18-20-5-7-24(23(34)17-20)41-29(46)28(21-9-11-32(35,36)12-10-21)42-31(48)33(37,38)22-6-8-27(49-3)39-19-22/h5-8,17,19,21,25,28H,4,9-16,18H2,1-3H3,(H,40,45)(H,41,46)(H,42,48)/t25-,28+/m1/s1. The highest BCUT2D eigenvalue weighted by Crippen LogP contribution is 2.38. The Morgan fingerprint density at radius 1 is 1.04 bits per heavy atom. The van der Waals surface area contributed by atoms with Gasteiger partial charge in [0.15, 0.2) is 0 Å². The third kappa shape index (κ3) is 9.64. The molecule has 1 aromatic carbocycles. The number of amides is 4. The molecule has 3 N–H and O–H groups in total. The van der Waals surface area contributed by atoms with Crippen molar-refractivity contribution < 1.29 is 45.9 Å². The van der Waals surface area contributed by atoms with E-state index in [0.717, 1.165) is 24.4 Å². The first-order valence-corrected chi connectivity index (χ1v) is 16.1. The van der Waals surface area contributed by atoms with Crippen molar-refractivity contribution in [3.63, 3.8) is 0 Å². The molecule has 0 radical (unpaired) electrons. The molecule has 4 amide bonds. The second-order valence-corrected chi connectivity index (χ2v) is 12.4. The van der Waals surface area contributed by atoms with E-state index >= 15 is 13.2 Å². The lowest BCUT2D eigenvalue weighted by Crippen LogP contribution is -2.54. The number of nitrogens with one attached hydrogen (secondary N) is 3. The van der Waals surface area contributed by atoms with Crippen LogP contribution in [-0.2, 0) is 31.5 Å². The number of carbonyl (C=O) groups excluding carboxylic acids is 4. The second-order valence-electron chi connectivity index (χ2n) is 12.4. The minimum absolute atomic E-state index is 0.0243. The number of likely N-dealkylation sites (N-methyl/N-ethyl adjacent to an activating group) is 1. The van der Waals surface area contributed by atoms with Crippen LogP contribution in [0.4, 0.5) is 27.6 Å². The number of anilines is 1. The number of rotatable bonds is 12. The van der Waals surface area contributed by atoms with Gasteiger partial charge < -0.3 is 30.5 Å². The number of benzene rings is 1. The summed E-state index contributed by atoms with van der Waals surface area (Å²) in [6, 6.07) is 3.08. The summed E-state index contributed by atoms with van der Waals surface area (Å²) in [4.78, 5) is 59.2. The molecule has 2 heterocycles. The van der Waals surface area contributed by atoms with E-state index in [4.69, 9.17) is 4.74 Å². The number of piperazine rings is 1. The molecule has 268 valence electrons. The van der Waals surface area contributed by atoms with Gasteiger partial charge in [-0.3, -0.25) is 19.2 Å². The number of methoxy groups -OCH3 is 1. The molecule has 1 saturated heterocycles. The second kappa shape index (κ2) is 15.9. The Balaban J connectivity index is 1.51. The number of alkyl halides is 4. The zero-order valence-electron chi connectivity index (χ0n) is 27.5. The summed E-state index contributed by atoms with van der Waals surface area (Å²) < 4.78 is 78.5. The first kappa shape index (κ1) is 37.5. The van der Waals surface area contributed by atoms with E-state index in [1.165, 1.54) is 19.2 Å². The van der Waals surface area contributed by atoms with Gasteiger partial charge in [0.2, 0.25) is 29.5 Å². The Morgan fingerprint density at radius 3 is 2.29 bits per heavy atom. The summed E-state index contributed by atoms with van der Waals surface area (Å²) in [6.07, 6.45) is -0.938. The molecule has 1 aliphatic heterocycles. The SMILES string of the molecule is CCC(=O)N[C@H](Cc1ccc(NC(=O)[C@@H](NC(=O)C(F)(F)c2ccc(OC)nc2)C2CCC(F)(F)CC2)c(F)c1)C(=O)N1CCN(C)CC1. The van der Waals surface area contributed by atoms with Crippen molar-refractivity contribution in [3.05, 3.63) is 53.5 Å². The zero-order chi connectivity index (χ0) is 35.9. The van der Waals surface area contributed by atoms with E-state index in [-0.39, 0.29) is 49.1 Å². The van der Waals surface area contributed by atoms with E-state index in [2.05, 4.69) is 20.5 Å². The van der Waals surface area contributed by atoms with Crippen LogP contribution in [0, 0.1) is 11.7 Å². The summed E-state index contributed by atoms with van der Waals surface area (Å²) in [7, 11) is 3.21. The van der Waals surface area contributed by atoms with Crippen molar-refractivity contribution in [1.29, 1.82) is 0 Å². The minimum Gasteiger partial charge on any atom is -0.481 e. The fourth-order valence-electron chi connectivity index (χ4n) is 5.82. The summed E-state index contributed by atoms with van der Waals surface area (Å²) in [5, 5.41) is 7.01. The fourth-order valence-corrected chi connectivity index (χ4v) is 5.82. The van der Waals surface area contributed by atoms with E-state index in [0.29, 0.717) is 31.7 Å². The third-order valence-corrected chi connectivity index (χ3v) is 8.90. The van der Waals surface area contributed by atoms with E-state index in [1.54, 1.807) is 11.8 Å². The van der Waals surface area contributed by atoms with Crippen molar-refractivity contribution in [2.75, 3.05) is 45.7 Å². The Morgan fingerprint density at radius 2 is 1.71 bits per heavy atom. The Labute approximate surface area is 280 Å². The van der Waals surface area contributed by atoms with Crippen LogP contribution >= 0.6 is 0 Å². The molecule has 2 aliphatic rings. The van der Waals surface area contributed by atoms with Crippen LogP contribution in [0.2, 0.25) is 0 Å². The van der Waals surface area contributed by atoms with Gasteiger partial charge in [0.1, 0.15) is 17.9 Å². The largest absolute Gasteiger partial charge is 0.481 e. The normalized spacial score (nSPS) is 18.2. The van der Waals surface area contributed by atoms with Crippen LogP contribution in [0.3, 0.4) is 0 Å². The Kier molecular flexibility index (Phi) is 12.2. The average molecular weight is 697 g/mol. The van der Waals surface area contributed by atoms with E-state index in [9.17, 15) is 28.0 Å². The van der Waals surface area contributed by atoms with Crippen molar-refractivity contribution in [3.8, 4) is 5.88 Å². The molecule has 1 aliphatic carbocycles. The maximum absolute atomic E-state index is 15.4. The smallest absolute Gasteiger partial charge is 0.351 e. The van der Waals surface area contributed by atoms with E-state index in [1.807, 2.05) is 12.4 Å². The molecule has 0 spiro atoms. The summed E-state index contributed by atoms with van der Waals surface area (Å²) in [5.41, 5.74) is -0.826. The molecule has 0 unspecified atom stereocenters. The maximum atomic E-state index is 15.4. The molecule has 2 fully saturated rings. The van der Waals surface area contributed by atoms with Gasteiger partial charge in [-0.15, -0.1) is 0 Å². The van der Waals surface area contributed by atoms with Crippen molar-refractivity contribution in [1.82, 2.24) is 25.4 Å². The molecular formula is C33H41F5N6O5. The predicted octanol–water partition coefficient (Wildman–Crippen LogP) is 3.48. The van der Waals surface area contributed by atoms with Crippen molar-refractivity contribution in [2.45, 2.75) is 69.4 Å². The van der Waals surface area contributed by atoms with Gasteiger partial charge in [0.25, 0.3) is 5.91 Å². The first-order chi connectivity index (χ1) is 23.1. The Bertz CT molecular complexity index is 1490. The fraction of sp³-hybridized carbons (Fsp3) is 0.545. The Hall–Kier alpha value is -4.34. The van der Waals surface area contributed by atoms with Crippen LogP contribution < -0.4 is 20.7 Å². The lowest BCUT2D eigenvalue weighted by Gasteiger charge is -2.35. The van der Waals surface area contributed by atoms with Gasteiger partial charge in [-0.1, -0.05) is 13.0 Å². The first-order valence-electron chi connectivity index (χ1n) is 16.1.